The third-order valence-corrected chi connectivity index (χ3v) is 2.57. The zero-order valence-electron chi connectivity index (χ0n) is 9.39. The molecule has 0 aromatic heterocycles. The molecule has 0 spiro atoms. The Bertz CT molecular complexity index is 357. The van der Waals surface area contributed by atoms with Crippen molar-refractivity contribution < 1.29 is 4.79 Å². The number of carbonyl (C=O) groups excluding carboxylic acids is 1. The molecule has 1 aromatic carbocycles. The molecule has 1 unspecified atom stereocenters. The first-order valence-corrected chi connectivity index (χ1v) is 6.00. The van der Waals surface area contributed by atoms with Gasteiger partial charge in [-0.15, -0.1) is 11.6 Å². The van der Waals surface area contributed by atoms with Gasteiger partial charge in [-0.05, 0) is 44.0 Å². The summed E-state index contributed by atoms with van der Waals surface area (Å²) in [5, 5.41) is 3.45. The van der Waals surface area contributed by atoms with E-state index in [0.717, 1.165) is 12.0 Å². The number of nitrogens with one attached hydrogen (secondary N) is 1. The van der Waals surface area contributed by atoms with Crippen LogP contribution >= 0.6 is 23.2 Å². The van der Waals surface area contributed by atoms with Gasteiger partial charge in [0.1, 0.15) is 0 Å². The number of carbonyl (C=O) groups is 1. The molecule has 1 rings (SSSR count). The summed E-state index contributed by atoms with van der Waals surface area (Å²) >= 11 is 11.7. The van der Waals surface area contributed by atoms with Crippen LogP contribution in [-0.2, 0) is 0 Å². The molecule has 0 fully saturated rings. The van der Waals surface area contributed by atoms with Crippen LogP contribution in [0.2, 0.25) is 5.02 Å². The Hall–Kier alpha value is -0.730. The molecular weight excluding hydrogens is 245 g/mol. The summed E-state index contributed by atoms with van der Waals surface area (Å²) in [5.41, 5.74) is 1.57. The lowest BCUT2D eigenvalue weighted by Gasteiger charge is -2.07. The predicted molar refractivity (Wildman–Crippen MR) is 68.5 cm³/mol. The molecule has 0 saturated carbocycles. The second kappa shape index (κ2) is 6.12. The molecule has 0 aliphatic rings. The van der Waals surface area contributed by atoms with E-state index in [2.05, 4.69) is 5.32 Å². The van der Waals surface area contributed by atoms with E-state index in [0.29, 0.717) is 17.1 Å². The van der Waals surface area contributed by atoms with Crippen LogP contribution in [0.5, 0.6) is 0 Å². The van der Waals surface area contributed by atoms with Crippen molar-refractivity contribution in [2.45, 2.75) is 25.6 Å². The van der Waals surface area contributed by atoms with Gasteiger partial charge in [0, 0.05) is 22.5 Å². The van der Waals surface area contributed by atoms with E-state index < -0.39 is 0 Å². The fourth-order valence-corrected chi connectivity index (χ4v) is 1.75. The van der Waals surface area contributed by atoms with Gasteiger partial charge in [0.25, 0.3) is 5.91 Å². The molecule has 1 N–H and O–H groups in total. The van der Waals surface area contributed by atoms with Gasteiger partial charge in [-0.3, -0.25) is 4.79 Å². The standard InChI is InChI=1S/C12H15Cl2NO/c1-8-5-10(7-11(14)6-8)12(16)15-4-3-9(2)13/h5-7,9H,3-4H2,1-2H3,(H,15,16). The van der Waals surface area contributed by atoms with E-state index in [1.54, 1.807) is 6.07 Å². The molecule has 2 nitrogen and oxygen atoms in total. The van der Waals surface area contributed by atoms with Crippen molar-refractivity contribution in [3.63, 3.8) is 0 Å². The second-order valence-electron chi connectivity index (χ2n) is 3.84. The summed E-state index contributed by atoms with van der Waals surface area (Å²) < 4.78 is 0. The Labute approximate surface area is 106 Å². The van der Waals surface area contributed by atoms with Crippen LogP contribution in [0.1, 0.15) is 29.3 Å². The quantitative estimate of drug-likeness (QED) is 0.826. The van der Waals surface area contributed by atoms with E-state index in [-0.39, 0.29) is 11.3 Å². The SMILES string of the molecule is Cc1cc(Cl)cc(C(=O)NCCC(C)Cl)c1. The molecule has 1 aromatic rings. The minimum Gasteiger partial charge on any atom is -0.352 e. The Kier molecular flexibility index (Phi) is 5.10. The summed E-state index contributed by atoms with van der Waals surface area (Å²) in [4.78, 5) is 11.7. The van der Waals surface area contributed by atoms with Gasteiger partial charge in [0.2, 0.25) is 0 Å². The zero-order valence-corrected chi connectivity index (χ0v) is 10.9. The topological polar surface area (TPSA) is 29.1 Å². The van der Waals surface area contributed by atoms with Gasteiger partial charge < -0.3 is 5.32 Å². The van der Waals surface area contributed by atoms with E-state index in [4.69, 9.17) is 23.2 Å². The summed E-state index contributed by atoms with van der Waals surface area (Å²) in [6, 6.07) is 5.29. The maximum Gasteiger partial charge on any atom is 0.251 e. The molecule has 0 saturated heterocycles. The third-order valence-electron chi connectivity index (χ3n) is 2.13. The first-order chi connectivity index (χ1) is 7.49. The molecular formula is C12H15Cl2NO. The highest BCUT2D eigenvalue weighted by Gasteiger charge is 2.07. The Morgan fingerprint density at radius 1 is 1.44 bits per heavy atom. The first kappa shape index (κ1) is 13.3. The molecule has 88 valence electrons. The van der Waals surface area contributed by atoms with Crippen LogP contribution < -0.4 is 5.32 Å². The lowest BCUT2D eigenvalue weighted by Crippen LogP contribution is -2.25. The molecule has 4 heteroatoms. The normalized spacial score (nSPS) is 12.2. The van der Waals surface area contributed by atoms with Gasteiger partial charge in [-0.2, -0.15) is 0 Å². The van der Waals surface area contributed by atoms with Crippen LogP contribution in [-0.4, -0.2) is 17.8 Å². The van der Waals surface area contributed by atoms with Crippen molar-refractivity contribution in [2.24, 2.45) is 0 Å². The van der Waals surface area contributed by atoms with E-state index in [1.165, 1.54) is 0 Å². The average molecular weight is 260 g/mol. The van der Waals surface area contributed by atoms with Gasteiger partial charge in [-0.1, -0.05) is 11.6 Å². The smallest absolute Gasteiger partial charge is 0.251 e. The highest BCUT2D eigenvalue weighted by atomic mass is 35.5. The Balaban J connectivity index is 2.59. The highest BCUT2D eigenvalue weighted by Crippen LogP contribution is 2.14. The third kappa shape index (κ3) is 4.42. The zero-order chi connectivity index (χ0) is 12.1. The summed E-state index contributed by atoms with van der Waals surface area (Å²) in [7, 11) is 0. The molecule has 1 atom stereocenters. The maximum atomic E-state index is 11.7. The van der Waals surface area contributed by atoms with E-state index in [9.17, 15) is 4.79 Å². The molecule has 0 heterocycles. The number of amides is 1. The summed E-state index contributed by atoms with van der Waals surface area (Å²) in [6.45, 7) is 4.38. The monoisotopic (exact) mass is 259 g/mol. The van der Waals surface area contributed by atoms with Crippen LogP contribution in [0.15, 0.2) is 18.2 Å². The minimum absolute atomic E-state index is 0.0707. The molecule has 1 amide bonds. The Morgan fingerprint density at radius 2 is 2.12 bits per heavy atom. The lowest BCUT2D eigenvalue weighted by molar-refractivity contribution is 0.0953. The van der Waals surface area contributed by atoms with Crippen molar-refractivity contribution in [1.82, 2.24) is 5.32 Å². The van der Waals surface area contributed by atoms with E-state index >= 15 is 0 Å². The number of aryl methyl sites for hydroxylation is 1. The number of rotatable bonds is 4. The molecule has 16 heavy (non-hydrogen) atoms. The van der Waals surface area contributed by atoms with Crippen molar-refractivity contribution in [2.75, 3.05) is 6.54 Å². The van der Waals surface area contributed by atoms with Crippen molar-refractivity contribution >= 4 is 29.1 Å². The molecule has 0 aliphatic heterocycles. The largest absolute Gasteiger partial charge is 0.352 e. The number of hydrogen-bond donors (Lipinski definition) is 1. The predicted octanol–water partition coefficient (Wildman–Crippen LogP) is 3.40. The maximum absolute atomic E-state index is 11.7. The first-order valence-electron chi connectivity index (χ1n) is 5.18. The number of hydrogen-bond acceptors (Lipinski definition) is 1. The van der Waals surface area contributed by atoms with Crippen molar-refractivity contribution in [3.8, 4) is 0 Å². The van der Waals surface area contributed by atoms with Crippen LogP contribution in [0.3, 0.4) is 0 Å². The van der Waals surface area contributed by atoms with E-state index in [1.807, 2.05) is 26.0 Å². The van der Waals surface area contributed by atoms with Crippen LogP contribution in [0.4, 0.5) is 0 Å². The highest BCUT2D eigenvalue weighted by molar-refractivity contribution is 6.31. The average Bonchev–Trinajstić information content (AvgIpc) is 2.15. The summed E-state index contributed by atoms with van der Waals surface area (Å²) in [6.07, 6.45) is 0.757. The van der Waals surface area contributed by atoms with Gasteiger partial charge >= 0.3 is 0 Å². The van der Waals surface area contributed by atoms with Gasteiger partial charge in [0.15, 0.2) is 0 Å². The fraction of sp³-hybridized carbons (Fsp3) is 0.417. The fourth-order valence-electron chi connectivity index (χ4n) is 1.35. The van der Waals surface area contributed by atoms with Crippen molar-refractivity contribution in [1.29, 1.82) is 0 Å². The van der Waals surface area contributed by atoms with Crippen LogP contribution in [0.25, 0.3) is 0 Å². The molecule has 0 radical (unpaired) electrons. The molecule has 0 aliphatic carbocycles. The Morgan fingerprint density at radius 3 is 2.69 bits per heavy atom. The number of halogens is 2. The van der Waals surface area contributed by atoms with Gasteiger partial charge in [-0.25, -0.2) is 0 Å². The second-order valence-corrected chi connectivity index (χ2v) is 5.02. The van der Waals surface area contributed by atoms with Gasteiger partial charge in [0.05, 0.1) is 0 Å². The lowest BCUT2D eigenvalue weighted by atomic mass is 10.1. The molecule has 0 bridgehead atoms. The minimum atomic E-state index is -0.108. The summed E-state index contributed by atoms with van der Waals surface area (Å²) in [5.74, 6) is -0.108. The number of benzene rings is 1. The number of alkyl halides is 1. The van der Waals surface area contributed by atoms with Crippen LogP contribution in [0, 0.1) is 6.92 Å². The van der Waals surface area contributed by atoms with Crippen molar-refractivity contribution in [3.05, 3.63) is 34.3 Å².